The topological polar surface area (TPSA) is 58.6 Å². The van der Waals surface area contributed by atoms with Gasteiger partial charge in [0.05, 0.1) is 12.9 Å². The summed E-state index contributed by atoms with van der Waals surface area (Å²) >= 11 is 14.0. The summed E-state index contributed by atoms with van der Waals surface area (Å²) in [6.07, 6.45) is 4.27. The maximum atomic E-state index is 13.2. The van der Waals surface area contributed by atoms with Crippen LogP contribution in [0.3, 0.4) is 0 Å². The van der Waals surface area contributed by atoms with Crippen molar-refractivity contribution in [3.05, 3.63) is 63.6 Å². The Balaban J connectivity index is 1.68. The van der Waals surface area contributed by atoms with Crippen LogP contribution >= 0.6 is 35.0 Å². The molecule has 0 unspecified atom stereocenters. The van der Waals surface area contributed by atoms with Crippen molar-refractivity contribution < 1.29 is 14.3 Å². The minimum atomic E-state index is -0.579. The van der Waals surface area contributed by atoms with Gasteiger partial charge in [-0.05, 0) is 55.2 Å². The van der Waals surface area contributed by atoms with E-state index in [4.69, 9.17) is 27.9 Å². The van der Waals surface area contributed by atoms with Gasteiger partial charge in [-0.1, -0.05) is 54.2 Å². The van der Waals surface area contributed by atoms with Crippen molar-refractivity contribution in [1.82, 2.24) is 10.2 Å². The van der Waals surface area contributed by atoms with Gasteiger partial charge in [0.25, 0.3) is 0 Å². The average Bonchev–Trinajstić information content (AvgIpc) is 3.32. The predicted octanol–water partition coefficient (Wildman–Crippen LogP) is 5.71. The highest BCUT2D eigenvalue weighted by Gasteiger charge is 2.28. The number of ether oxygens (including phenoxy) is 1. The van der Waals surface area contributed by atoms with Crippen molar-refractivity contribution in [3.63, 3.8) is 0 Å². The monoisotopic (exact) mass is 508 g/mol. The summed E-state index contributed by atoms with van der Waals surface area (Å²) in [4.78, 5) is 27.8. The molecule has 0 saturated heterocycles. The number of hydrogen-bond acceptors (Lipinski definition) is 4. The molecular formula is C25H30Cl2N2O3S. The lowest BCUT2D eigenvalue weighted by Crippen LogP contribution is -2.50. The minimum absolute atomic E-state index is 0.104. The lowest BCUT2D eigenvalue weighted by Gasteiger charge is -2.29. The summed E-state index contributed by atoms with van der Waals surface area (Å²) in [5.41, 5.74) is 1.75. The van der Waals surface area contributed by atoms with Crippen LogP contribution in [0.25, 0.3) is 0 Å². The lowest BCUT2D eigenvalue weighted by atomic mass is 10.1. The van der Waals surface area contributed by atoms with E-state index in [1.807, 2.05) is 24.3 Å². The molecule has 5 nitrogen and oxygen atoms in total. The molecule has 2 aromatic rings. The van der Waals surface area contributed by atoms with Crippen molar-refractivity contribution in [3.8, 4) is 5.75 Å². The van der Waals surface area contributed by atoms with Crippen LogP contribution < -0.4 is 10.1 Å². The first-order valence-corrected chi connectivity index (χ1v) is 13.0. The van der Waals surface area contributed by atoms with Gasteiger partial charge in [-0.3, -0.25) is 9.59 Å². The normalized spacial score (nSPS) is 14.7. The predicted molar refractivity (Wildman–Crippen MR) is 136 cm³/mol. The number of carbonyl (C=O) groups excluding carboxylic acids is 2. The van der Waals surface area contributed by atoms with E-state index in [2.05, 4.69) is 5.32 Å². The zero-order valence-corrected chi connectivity index (χ0v) is 21.3. The Morgan fingerprint density at radius 3 is 2.36 bits per heavy atom. The molecule has 8 heteroatoms. The molecule has 2 aromatic carbocycles. The molecule has 0 bridgehead atoms. The van der Waals surface area contributed by atoms with Crippen LogP contribution in [-0.2, 0) is 21.9 Å². The molecule has 0 spiro atoms. The van der Waals surface area contributed by atoms with Crippen molar-refractivity contribution in [2.45, 2.75) is 57.0 Å². The molecule has 33 heavy (non-hydrogen) atoms. The van der Waals surface area contributed by atoms with Crippen molar-refractivity contribution >= 4 is 46.8 Å². The van der Waals surface area contributed by atoms with E-state index in [1.165, 1.54) is 11.8 Å². The largest absolute Gasteiger partial charge is 0.497 e. The van der Waals surface area contributed by atoms with E-state index >= 15 is 0 Å². The first-order valence-electron chi connectivity index (χ1n) is 11.1. The van der Waals surface area contributed by atoms with Gasteiger partial charge in [0.15, 0.2) is 0 Å². The summed E-state index contributed by atoms with van der Waals surface area (Å²) in [5.74, 6) is 1.27. The van der Waals surface area contributed by atoms with Crippen LogP contribution in [-0.4, -0.2) is 41.7 Å². The Morgan fingerprint density at radius 1 is 1.12 bits per heavy atom. The minimum Gasteiger partial charge on any atom is -0.497 e. The van der Waals surface area contributed by atoms with E-state index in [-0.39, 0.29) is 23.6 Å². The molecule has 1 atom stereocenters. The highest BCUT2D eigenvalue weighted by Crippen LogP contribution is 2.28. The maximum absolute atomic E-state index is 13.2. The van der Waals surface area contributed by atoms with Gasteiger partial charge in [0, 0.05) is 28.4 Å². The number of nitrogens with zero attached hydrogens (tertiary/aromatic N) is 1. The van der Waals surface area contributed by atoms with E-state index < -0.39 is 6.04 Å². The second kappa shape index (κ2) is 12.5. The van der Waals surface area contributed by atoms with Gasteiger partial charge >= 0.3 is 0 Å². The van der Waals surface area contributed by atoms with Crippen LogP contribution in [0.4, 0.5) is 0 Å². The quantitative estimate of drug-likeness (QED) is 0.446. The van der Waals surface area contributed by atoms with Crippen LogP contribution in [0.1, 0.15) is 43.7 Å². The maximum Gasteiger partial charge on any atom is 0.242 e. The summed E-state index contributed by atoms with van der Waals surface area (Å²) in [5, 5.41) is 4.29. The second-order valence-corrected chi connectivity index (χ2v) is 10.0. The molecule has 3 rings (SSSR count). The Bertz CT molecular complexity index is 929. The van der Waals surface area contributed by atoms with Gasteiger partial charge in [-0.25, -0.2) is 0 Å². The van der Waals surface area contributed by atoms with Gasteiger partial charge in [0.2, 0.25) is 11.8 Å². The molecule has 1 aliphatic rings. The van der Waals surface area contributed by atoms with Crippen LogP contribution in [0.5, 0.6) is 5.75 Å². The number of hydrogen-bond donors (Lipinski definition) is 1. The fourth-order valence-electron chi connectivity index (χ4n) is 3.90. The fraction of sp³-hybridized carbons (Fsp3) is 0.440. The smallest absolute Gasteiger partial charge is 0.242 e. The number of methoxy groups -OCH3 is 1. The summed E-state index contributed by atoms with van der Waals surface area (Å²) in [6.45, 7) is 2.14. The molecule has 0 aliphatic heterocycles. The number of benzene rings is 2. The Kier molecular flexibility index (Phi) is 9.78. The molecule has 1 fully saturated rings. The van der Waals surface area contributed by atoms with Gasteiger partial charge < -0.3 is 15.0 Å². The number of halogens is 2. The third-order valence-corrected chi connectivity index (χ3v) is 7.57. The number of rotatable bonds is 10. The van der Waals surface area contributed by atoms with E-state index in [1.54, 1.807) is 37.1 Å². The SMILES string of the molecule is COc1ccc(CN(C(=O)CSCc2c(Cl)cccc2Cl)[C@@H](C)C(=O)NC2CCCC2)cc1. The standard InChI is InChI=1S/C25H30Cl2N2O3S/c1-17(25(31)28-19-6-3-4-7-19)29(14-18-10-12-20(32-2)13-11-18)24(30)16-33-15-21-22(26)8-5-9-23(21)27/h5,8-13,17,19H,3-4,6-7,14-16H2,1-2H3,(H,28,31)/t17-/m0/s1. The molecule has 178 valence electrons. The Hall–Kier alpha value is -1.89. The molecule has 1 N–H and O–H groups in total. The molecular weight excluding hydrogens is 479 g/mol. The Morgan fingerprint density at radius 2 is 1.76 bits per heavy atom. The second-order valence-electron chi connectivity index (χ2n) is 8.23. The molecule has 1 saturated carbocycles. The molecule has 0 radical (unpaired) electrons. The van der Waals surface area contributed by atoms with Crippen molar-refractivity contribution in [2.75, 3.05) is 12.9 Å². The first kappa shape index (κ1) is 25.7. The van der Waals surface area contributed by atoms with Crippen LogP contribution in [0, 0.1) is 0 Å². The van der Waals surface area contributed by atoms with Gasteiger partial charge in [-0.15, -0.1) is 11.8 Å². The fourth-order valence-corrected chi connectivity index (χ4v) is 5.54. The zero-order valence-electron chi connectivity index (χ0n) is 19.0. The Labute approximate surface area is 210 Å². The molecule has 2 amide bonds. The first-order chi connectivity index (χ1) is 15.9. The number of carbonyl (C=O) groups is 2. The zero-order chi connectivity index (χ0) is 23.8. The molecule has 0 heterocycles. The highest BCUT2D eigenvalue weighted by molar-refractivity contribution is 7.99. The van der Waals surface area contributed by atoms with Crippen LogP contribution in [0.2, 0.25) is 10.0 Å². The summed E-state index contributed by atoms with van der Waals surface area (Å²) in [7, 11) is 1.61. The number of thioether (sulfide) groups is 1. The van der Waals surface area contributed by atoms with Crippen molar-refractivity contribution in [1.29, 1.82) is 0 Å². The summed E-state index contributed by atoms with van der Waals surface area (Å²) < 4.78 is 5.23. The third-order valence-electron chi connectivity index (χ3n) is 5.91. The van der Waals surface area contributed by atoms with Gasteiger partial charge in [0.1, 0.15) is 11.8 Å². The number of nitrogens with one attached hydrogen (secondary N) is 1. The van der Waals surface area contributed by atoms with E-state index in [0.29, 0.717) is 22.3 Å². The summed E-state index contributed by atoms with van der Waals surface area (Å²) in [6, 6.07) is 12.5. The van der Waals surface area contributed by atoms with Gasteiger partial charge in [-0.2, -0.15) is 0 Å². The molecule has 1 aliphatic carbocycles. The van der Waals surface area contributed by atoms with Crippen molar-refractivity contribution in [2.24, 2.45) is 0 Å². The highest BCUT2D eigenvalue weighted by atomic mass is 35.5. The number of amides is 2. The van der Waals surface area contributed by atoms with E-state index in [0.717, 1.165) is 42.6 Å². The average molecular weight is 509 g/mol. The lowest BCUT2D eigenvalue weighted by molar-refractivity contribution is -0.138. The third kappa shape index (κ3) is 7.29. The molecule has 0 aromatic heterocycles. The van der Waals surface area contributed by atoms with E-state index in [9.17, 15) is 9.59 Å². The van der Waals surface area contributed by atoms with Crippen LogP contribution in [0.15, 0.2) is 42.5 Å².